The standard InChI is InChI=1S/C22H25ClNO3/c1-14(2)22(25)26-13-24(3)11-18-16-6-4-5-7-20(16)27-21-9-8-15(23)10-17(21)19(18)12-24/h4-10,14,18-19H,11-13H2,1-3H3/q+1. The molecule has 2 heterocycles. The zero-order chi connectivity index (χ0) is 19.2. The number of benzene rings is 2. The Labute approximate surface area is 165 Å². The van der Waals surface area contributed by atoms with Crippen LogP contribution in [0.15, 0.2) is 42.5 Å². The van der Waals surface area contributed by atoms with E-state index in [4.69, 9.17) is 21.1 Å². The molecular weight excluding hydrogens is 362 g/mol. The Morgan fingerprint density at radius 2 is 1.81 bits per heavy atom. The van der Waals surface area contributed by atoms with Crippen LogP contribution in [-0.2, 0) is 9.53 Å². The highest BCUT2D eigenvalue weighted by Gasteiger charge is 2.48. The summed E-state index contributed by atoms with van der Waals surface area (Å²) in [6.45, 7) is 5.89. The molecule has 0 saturated carbocycles. The zero-order valence-corrected chi connectivity index (χ0v) is 16.7. The van der Waals surface area contributed by atoms with Gasteiger partial charge in [-0.05, 0) is 24.3 Å². The smallest absolute Gasteiger partial charge is 0.312 e. The number of ether oxygens (including phenoxy) is 2. The number of hydrogen-bond donors (Lipinski definition) is 0. The molecule has 27 heavy (non-hydrogen) atoms. The van der Waals surface area contributed by atoms with Crippen molar-refractivity contribution in [3.8, 4) is 11.5 Å². The normalized spacial score (nSPS) is 25.8. The van der Waals surface area contributed by atoms with Gasteiger partial charge in [-0.1, -0.05) is 43.6 Å². The number of likely N-dealkylation sites (N-methyl/N-ethyl adjacent to an activating group) is 1. The lowest BCUT2D eigenvalue weighted by Crippen LogP contribution is -2.44. The monoisotopic (exact) mass is 386 g/mol. The maximum absolute atomic E-state index is 12.0. The second-order valence-corrected chi connectivity index (χ2v) is 8.70. The van der Waals surface area contributed by atoms with Crippen LogP contribution in [0, 0.1) is 5.92 Å². The molecule has 1 saturated heterocycles. The maximum atomic E-state index is 12.0. The van der Waals surface area contributed by atoms with E-state index in [1.807, 2.05) is 44.2 Å². The number of carbonyl (C=O) groups excluding carboxylic acids is 1. The third-order valence-electron chi connectivity index (χ3n) is 5.66. The Morgan fingerprint density at radius 3 is 2.56 bits per heavy atom. The first-order valence-electron chi connectivity index (χ1n) is 9.43. The molecule has 2 aromatic rings. The van der Waals surface area contributed by atoms with Crippen molar-refractivity contribution in [1.29, 1.82) is 0 Å². The third-order valence-corrected chi connectivity index (χ3v) is 5.90. The van der Waals surface area contributed by atoms with E-state index in [2.05, 4.69) is 19.2 Å². The Bertz CT molecular complexity index is 882. The van der Waals surface area contributed by atoms with Crippen LogP contribution < -0.4 is 4.74 Å². The van der Waals surface area contributed by atoms with E-state index >= 15 is 0 Å². The summed E-state index contributed by atoms with van der Waals surface area (Å²) in [5.74, 6) is 2.08. The van der Waals surface area contributed by atoms with E-state index in [1.54, 1.807) is 0 Å². The van der Waals surface area contributed by atoms with Gasteiger partial charge in [-0.15, -0.1) is 0 Å². The number of hydrogen-bond acceptors (Lipinski definition) is 3. The molecular formula is C22H25ClNO3+. The van der Waals surface area contributed by atoms with E-state index in [0.717, 1.165) is 35.2 Å². The molecule has 2 aromatic carbocycles. The topological polar surface area (TPSA) is 35.5 Å². The minimum absolute atomic E-state index is 0.113. The molecule has 0 aliphatic carbocycles. The van der Waals surface area contributed by atoms with E-state index in [1.165, 1.54) is 5.56 Å². The van der Waals surface area contributed by atoms with Crippen molar-refractivity contribution in [3.63, 3.8) is 0 Å². The average Bonchev–Trinajstić information content (AvgIpc) is 2.94. The summed E-state index contributed by atoms with van der Waals surface area (Å²) >= 11 is 6.31. The van der Waals surface area contributed by atoms with Gasteiger partial charge in [0, 0.05) is 28.0 Å². The summed E-state index contributed by atoms with van der Waals surface area (Å²) in [7, 11) is 2.16. The van der Waals surface area contributed by atoms with Crippen molar-refractivity contribution in [3.05, 3.63) is 58.6 Å². The fourth-order valence-electron chi connectivity index (χ4n) is 4.30. The molecule has 3 unspecified atom stereocenters. The number of likely N-dealkylation sites (tertiary alicyclic amines) is 1. The first kappa shape index (κ1) is 18.3. The number of fused-ring (bicyclic) bond motifs is 5. The zero-order valence-electron chi connectivity index (χ0n) is 15.9. The molecule has 3 atom stereocenters. The van der Waals surface area contributed by atoms with Crippen LogP contribution in [0.5, 0.6) is 11.5 Å². The van der Waals surface area contributed by atoms with Crippen molar-refractivity contribution in [2.24, 2.45) is 5.92 Å². The highest BCUT2D eigenvalue weighted by molar-refractivity contribution is 6.30. The summed E-state index contributed by atoms with van der Waals surface area (Å²) in [4.78, 5) is 12.0. The first-order valence-corrected chi connectivity index (χ1v) is 9.80. The second-order valence-electron chi connectivity index (χ2n) is 8.27. The van der Waals surface area contributed by atoms with Crippen molar-refractivity contribution < 1.29 is 18.8 Å². The first-order chi connectivity index (χ1) is 12.9. The lowest BCUT2D eigenvalue weighted by molar-refractivity contribution is -0.915. The van der Waals surface area contributed by atoms with Crippen molar-refractivity contribution in [1.82, 2.24) is 0 Å². The summed E-state index contributed by atoms with van der Waals surface area (Å²) < 4.78 is 12.5. The summed E-state index contributed by atoms with van der Waals surface area (Å²) in [6, 6.07) is 14.1. The molecule has 0 amide bonds. The fraction of sp³-hybridized carbons (Fsp3) is 0.409. The molecule has 0 aromatic heterocycles. The van der Waals surface area contributed by atoms with Crippen LogP contribution >= 0.6 is 11.6 Å². The van der Waals surface area contributed by atoms with Crippen molar-refractivity contribution >= 4 is 17.6 Å². The number of rotatable bonds is 3. The second kappa shape index (κ2) is 6.84. The number of esters is 1. The summed E-state index contributed by atoms with van der Waals surface area (Å²) in [5, 5.41) is 0.717. The van der Waals surface area contributed by atoms with Crippen LogP contribution in [0.2, 0.25) is 5.02 Å². The Balaban J connectivity index is 1.71. The molecule has 0 N–H and O–H groups in total. The van der Waals surface area contributed by atoms with Crippen LogP contribution in [0.1, 0.15) is 36.8 Å². The average molecular weight is 387 g/mol. The van der Waals surface area contributed by atoms with Crippen molar-refractivity contribution in [2.75, 3.05) is 26.9 Å². The van der Waals surface area contributed by atoms with Gasteiger partial charge in [0.15, 0.2) is 0 Å². The lowest BCUT2D eigenvalue weighted by Gasteiger charge is -2.29. The fourth-order valence-corrected chi connectivity index (χ4v) is 4.48. The highest BCUT2D eigenvalue weighted by Crippen LogP contribution is 2.51. The summed E-state index contributed by atoms with van der Waals surface area (Å²) in [5.41, 5.74) is 2.35. The minimum Gasteiger partial charge on any atom is -0.457 e. The number of carbonyl (C=O) groups is 1. The van der Waals surface area contributed by atoms with Gasteiger partial charge in [0.1, 0.15) is 11.5 Å². The van der Waals surface area contributed by atoms with Gasteiger partial charge in [0.05, 0.1) is 26.1 Å². The van der Waals surface area contributed by atoms with E-state index in [0.29, 0.717) is 17.1 Å². The van der Waals surface area contributed by atoms with Gasteiger partial charge < -0.3 is 9.47 Å². The summed E-state index contributed by atoms with van der Waals surface area (Å²) in [6.07, 6.45) is 0. The molecule has 2 aliphatic heterocycles. The molecule has 0 bridgehead atoms. The molecule has 0 radical (unpaired) electrons. The largest absolute Gasteiger partial charge is 0.457 e. The number of para-hydroxylation sites is 1. The van der Waals surface area contributed by atoms with E-state index in [9.17, 15) is 4.79 Å². The molecule has 4 nitrogen and oxygen atoms in total. The number of nitrogens with zero attached hydrogens (tertiary/aromatic N) is 1. The molecule has 2 aliphatic rings. The van der Waals surface area contributed by atoms with Gasteiger partial charge >= 0.3 is 5.97 Å². The minimum atomic E-state index is -0.145. The molecule has 1 fully saturated rings. The quantitative estimate of drug-likeness (QED) is 0.554. The Kier molecular flexibility index (Phi) is 4.65. The lowest BCUT2D eigenvalue weighted by atomic mass is 9.84. The highest BCUT2D eigenvalue weighted by atomic mass is 35.5. The predicted octanol–water partition coefficient (Wildman–Crippen LogP) is 4.93. The predicted molar refractivity (Wildman–Crippen MR) is 105 cm³/mol. The van der Waals surface area contributed by atoms with Gasteiger partial charge in [-0.25, -0.2) is 0 Å². The van der Waals surface area contributed by atoms with Crippen LogP contribution in [0.25, 0.3) is 0 Å². The number of quaternary nitrogens is 1. The van der Waals surface area contributed by atoms with Crippen LogP contribution in [0.4, 0.5) is 0 Å². The Morgan fingerprint density at radius 1 is 1.15 bits per heavy atom. The van der Waals surface area contributed by atoms with Crippen molar-refractivity contribution in [2.45, 2.75) is 25.7 Å². The Hall–Kier alpha value is -2.04. The molecule has 4 rings (SSSR count). The van der Waals surface area contributed by atoms with Gasteiger partial charge in [-0.3, -0.25) is 9.28 Å². The SMILES string of the molecule is CC(C)C(=O)OC[N+]1(C)CC2c3ccccc3Oc3ccc(Cl)cc3C2C1. The van der Waals surface area contributed by atoms with Gasteiger partial charge in [0.2, 0.25) is 6.73 Å². The molecule has 5 heteroatoms. The maximum Gasteiger partial charge on any atom is 0.312 e. The molecule has 0 spiro atoms. The van der Waals surface area contributed by atoms with Crippen LogP contribution in [-0.4, -0.2) is 37.3 Å². The van der Waals surface area contributed by atoms with E-state index < -0.39 is 0 Å². The van der Waals surface area contributed by atoms with Gasteiger partial charge in [-0.2, -0.15) is 0 Å². The third kappa shape index (κ3) is 3.44. The van der Waals surface area contributed by atoms with E-state index in [-0.39, 0.29) is 17.8 Å². The molecule has 142 valence electrons. The number of halogens is 1. The van der Waals surface area contributed by atoms with Gasteiger partial charge in [0.25, 0.3) is 0 Å². The van der Waals surface area contributed by atoms with Crippen LogP contribution in [0.3, 0.4) is 0 Å².